The molecule has 2 aromatic heterocycles. The normalized spacial score (nSPS) is 13.1. The Labute approximate surface area is 340 Å². The van der Waals surface area contributed by atoms with E-state index in [0.717, 1.165) is 21.8 Å². The summed E-state index contributed by atoms with van der Waals surface area (Å²) in [5.41, 5.74) is 17.0. The van der Waals surface area contributed by atoms with Crippen LogP contribution in [0.25, 0.3) is 108 Å². The number of nitrogens with zero attached hydrogens (tertiary/aromatic N) is 2. The lowest BCUT2D eigenvalue weighted by Gasteiger charge is -2.23. The van der Waals surface area contributed by atoms with Crippen molar-refractivity contribution in [1.29, 1.82) is 0 Å². The molecule has 0 atom stereocenters. The second-order valence-corrected chi connectivity index (χ2v) is 17.2. The Morgan fingerprint density at radius 1 is 0.362 bits per heavy atom. The fourth-order valence-electron chi connectivity index (χ4n) is 9.60. The molecule has 0 amide bonds. The van der Waals surface area contributed by atoms with Gasteiger partial charge < -0.3 is 0 Å². The molecule has 0 saturated carbocycles. The third-order valence-electron chi connectivity index (χ3n) is 12.6. The number of rotatable bonds is 4. The van der Waals surface area contributed by atoms with Gasteiger partial charge in [-0.3, -0.25) is 9.97 Å². The molecule has 1 aliphatic rings. The van der Waals surface area contributed by atoms with E-state index in [1.165, 1.54) is 97.7 Å². The summed E-state index contributed by atoms with van der Waals surface area (Å²) in [6.45, 7) is 4.76. The van der Waals surface area contributed by atoms with E-state index >= 15 is 0 Å². The van der Waals surface area contributed by atoms with Crippen LogP contribution in [-0.2, 0) is 5.41 Å². The van der Waals surface area contributed by atoms with Gasteiger partial charge in [-0.15, -0.1) is 11.3 Å². The molecule has 272 valence electrons. The minimum atomic E-state index is -0.141. The lowest BCUT2D eigenvalue weighted by Crippen LogP contribution is -2.15. The maximum atomic E-state index is 4.79. The van der Waals surface area contributed by atoms with Crippen molar-refractivity contribution in [2.75, 3.05) is 0 Å². The van der Waals surface area contributed by atoms with Gasteiger partial charge in [-0.25, -0.2) is 0 Å². The summed E-state index contributed by atoms with van der Waals surface area (Å²) >= 11 is 1.89. The number of benzene rings is 9. The molecule has 11 aromatic rings. The van der Waals surface area contributed by atoms with Crippen molar-refractivity contribution in [3.05, 3.63) is 193 Å². The molecule has 0 unspecified atom stereocenters. The van der Waals surface area contributed by atoms with E-state index in [-0.39, 0.29) is 5.41 Å². The fourth-order valence-corrected chi connectivity index (χ4v) is 10.8. The molecular formula is C55H36N2S. The van der Waals surface area contributed by atoms with E-state index in [1.807, 2.05) is 11.3 Å². The van der Waals surface area contributed by atoms with Crippen LogP contribution in [0.4, 0.5) is 0 Å². The Kier molecular flexibility index (Phi) is 7.18. The number of fused-ring (bicyclic) bond motifs is 12. The van der Waals surface area contributed by atoms with Crippen LogP contribution in [0.2, 0.25) is 0 Å². The molecule has 2 heterocycles. The van der Waals surface area contributed by atoms with Gasteiger partial charge in [0, 0.05) is 48.8 Å². The molecule has 0 fully saturated rings. The zero-order chi connectivity index (χ0) is 38.5. The van der Waals surface area contributed by atoms with Gasteiger partial charge in [0.05, 0.1) is 11.0 Å². The molecule has 0 saturated heterocycles. The SMILES string of the molecule is CC1(C)c2cc(-c3ccc(-c4ccc5c6ccccc6c6nccnc6c5c4)cc3)ccc2-c2ccc(-c3cccc(-c4cccc5c4sc4ccccc45)c3)cc21. The highest BCUT2D eigenvalue weighted by molar-refractivity contribution is 7.26. The first kappa shape index (κ1) is 33.2. The Balaban J connectivity index is 0.866. The van der Waals surface area contributed by atoms with Crippen LogP contribution in [0, 0.1) is 0 Å². The average Bonchev–Trinajstić information content (AvgIpc) is 3.78. The van der Waals surface area contributed by atoms with Crippen molar-refractivity contribution >= 4 is 64.1 Å². The van der Waals surface area contributed by atoms with Gasteiger partial charge >= 0.3 is 0 Å². The van der Waals surface area contributed by atoms with Gasteiger partial charge in [0.15, 0.2) is 0 Å². The van der Waals surface area contributed by atoms with Gasteiger partial charge in [0.1, 0.15) is 0 Å². The van der Waals surface area contributed by atoms with Gasteiger partial charge in [0.25, 0.3) is 0 Å². The molecule has 9 aromatic carbocycles. The minimum absolute atomic E-state index is 0.141. The summed E-state index contributed by atoms with van der Waals surface area (Å²) in [5.74, 6) is 0. The monoisotopic (exact) mass is 756 g/mol. The van der Waals surface area contributed by atoms with Crippen LogP contribution in [-0.4, -0.2) is 9.97 Å². The van der Waals surface area contributed by atoms with E-state index in [1.54, 1.807) is 12.4 Å². The summed E-state index contributed by atoms with van der Waals surface area (Å²) in [5, 5.41) is 7.34. The summed E-state index contributed by atoms with van der Waals surface area (Å²) in [4.78, 5) is 9.53. The summed E-state index contributed by atoms with van der Waals surface area (Å²) < 4.78 is 2.69. The minimum Gasteiger partial charge on any atom is -0.252 e. The zero-order valence-corrected chi connectivity index (χ0v) is 32.9. The Morgan fingerprint density at radius 3 is 1.62 bits per heavy atom. The smallest absolute Gasteiger partial charge is 0.0971 e. The van der Waals surface area contributed by atoms with Crippen LogP contribution in [0.3, 0.4) is 0 Å². The third kappa shape index (κ3) is 4.97. The van der Waals surface area contributed by atoms with Gasteiger partial charge in [-0.05, 0) is 108 Å². The predicted molar refractivity (Wildman–Crippen MR) is 247 cm³/mol. The number of thiophene rings is 1. The Hall–Kier alpha value is -6.94. The summed E-state index contributed by atoms with van der Waals surface area (Å²) in [7, 11) is 0. The molecule has 0 radical (unpaired) electrons. The van der Waals surface area contributed by atoms with E-state index < -0.39 is 0 Å². The van der Waals surface area contributed by atoms with Crippen molar-refractivity contribution in [1.82, 2.24) is 9.97 Å². The first-order valence-electron chi connectivity index (χ1n) is 20.0. The van der Waals surface area contributed by atoms with E-state index in [9.17, 15) is 0 Å². The van der Waals surface area contributed by atoms with Gasteiger partial charge in [0.2, 0.25) is 0 Å². The molecule has 3 heteroatoms. The second kappa shape index (κ2) is 12.5. The van der Waals surface area contributed by atoms with E-state index in [2.05, 4.69) is 184 Å². The maximum Gasteiger partial charge on any atom is 0.0971 e. The summed E-state index contributed by atoms with van der Waals surface area (Å²) in [6, 6.07) is 63.0. The Morgan fingerprint density at radius 2 is 0.879 bits per heavy atom. The summed E-state index contributed by atoms with van der Waals surface area (Å²) in [6.07, 6.45) is 3.58. The van der Waals surface area contributed by atoms with E-state index in [4.69, 9.17) is 9.97 Å². The first-order valence-corrected chi connectivity index (χ1v) is 20.8. The second-order valence-electron chi connectivity index (χ2n) is 16.1. The molecule has 1 aliphatic carbocycles. The lowest BCUT2D eigenvalue weighted by atomic mass is 9.80. The Bertz CT molecular complexity index is 3450. The maximum absolute atomic E-state index is 4.79. The molecule has 0 aliphatic heterocycles. The number of hydrogen-bond donors (Lipinski definition) is 0. The molecule has 0 spiro atoms. The predicted octanol–water partition coefficient (Wildman–Crippen LogP) is 15.3. The molecule has 58 heavy (non-hydrogen) atoms. The molecular weight excluding hydrogens is 721 g/mol. The quantitative estimate of drug-likeness (QED) is 0.167. The third-order valence-corrected chi connectivity index (χ3v) is 13.8. The van der Waals surface area contributed by atoms with Crippen molar-refractivity contribution in [2.24, 2.45) is 0 Å². The van der Waals surface area contributed by atoms with Crippen LogP contribution in [0.15, 0.2) is 182 Å². The van der Waals surface area contributed by atoms with Crippen LogP contribution < -0.4 is 0 Å². The molecule has 0 N–H and O–H groups in total. The highest BCUT2D eigenvalue weighted by atomic mass is 32.1. The van der Waals surface area contributed by atoms with Crippen molar-refractivity contribution < 1.29 is 0 Å². The van der Waals surface area contributed by atoms with Gasteiger partial charge in [-0.1, -0.05) is 153 Å². The highest BCUT2D eigenvalue weighted by Crippen LogP contribution is 2.51. The number of hydrogen-bond acceptors (Lipinski definition) is 3. The van der Waals surface area contributed by atoms with Crippen LogP contribution in [0.1, 0.15) is 25.0 Å². The van der Waals surface area contributed by atoms with Crippen LogP contribution in [0.5, 0.6) is 0 Å². The highest BCUT2D eigenvalue weighted by Gasteiger charge is 2.36. The van der Waals surface area contributed by atoms with Gasteiger partial charge in [-0.2, -0.15) is 0 Å². The van der Waals surface area contributed by atoms with Crippen molar-refractivity contribution in [3.63, 3.8) is 0 Å². The number of aromatic nitrogens is 2. The molecule has 0 bridgehead atoms. The lowest BCUT2D eigenvalue weighted by molar-refractivity contribution is 0.661. The van der Waals surface area contributed by atoms with Crippen molar-refractivity contribution in [2.45, 2.75) is 19.3 Å². The van der Waals surface area contributed by atoms with E-state index in [0.29, 0.717) is 0 Å². The largest absolute Gasteiger partial charge is 0.252 e. The fraction of sp³-hybridized carbons (Fsp3) is 0.0545. The first-order chi connectivity index (χ1) is 28.5. The topological polar surface area (TPSA) is 25.8 Å². The molecule has 2 nitrogen and oxygen atoms in total. The molecule has 12 rings (SSSR count). The zero-order valence-electron chi connectivity index (χ0n) is 32.1. The standard InChI is InChI=1S/C55H36N2S/c1-55(2)49-31-37(34-19-17-33(18-20-34)36-21-24-42-41-11-3-4-13-46(41)52-53(48(42)30-36)57-28-27-56-52)22-25-43(49)44-26-23-38(32-50(44)55)35-9-7-10-39(29-35)40-14-8-15-47-45-12-5-6-16-51(45)58-54(40)47/h3-32H,1-2H3. The average molecular weight is 757 g/mol. The van der Waals surface area contributed by atoms with Crippen LogP contribution >= 0.6 is 11.3 Å². The van der Waals surface area contributed by atoms with Crippen molar-refractivity contribution in [3.8, 4) is 55.6 Å².